The van der Waals surface area contributed by atoms with Crippen LogP contribution in [0.15, 0.2) is 33.8 Å². The maximum Gasteiger partial charge on any atom is 0.248 e. The number of ether oxygens (including phenoxy) is 1. The van der Waals surface area contributed by atoms with Crippen LogP contribution in [0.3, 0.4) is 0 Å². The molecule has 1 aromatic heterocycles. The topological polar surface area (TPSA) is 84.6 Å². The molecule has 0 spiro atoms. The average Bonchev–Trinajstić information content (AvgIpc) is 3.05. The number of nitrogens with one attached hydrogen (secondary N) is 2. The Kier molecular flexibility index (Phi) is 10.4. The van der Waals surface area contributed by atoms with Crippen LogP contribution >= 0.6 is 35.6 Å². The molecule has 0 saturated carbocycles. The van der Waals surface area contributed by atoms with Gasteiger partial charge >= 0.3 is 0 Å². The summed E-state index contributed by atoms with van der Waals surface area (Å²) in [6.45, 7) is 7.02. The molecule has 138 valence electrons. The van der Waals surface area contributed by atoms with Gasteiger partial charge in [0.2, 0.25) is 11.7 Å². The highest BCUT2D eigenvalue weighted by molar-refractivity contribution is 14.0. The third-order valence-electron chi connectivity index (χ3n) is 3.01. The average molecular weight is 480 g/mol. The van der Waals surface area contributed by atoms with E-state index in [4.69, 9.17) is 20.9 Å². The Morgan fingerprint density at radius 2 is 2.16 bits per heavy atom. The second kappa shape index (κ2) is 12.0. The molecule has 0 amide bonds. The van der Waals surface area contributed by atoms with Crippen LogP contribution in [0, 0.1) is 0 Å². The molecule has 25 heavy (non-hydrogen) atoms. The maximum absolute atomic E-state index is 5.98. The molecular weight excluding hydrogens is 457 g/mol. The van der Waals surface area contributed by atoms with Gasteiger partial charge < -0.3 is 19.9 Å². The molecule has 0 unspecified atom stereocenters. The first kappa shape index (κ1) is 21.7. The summed E-state index contributed by atoms with van der Waals surface area (Å²) in [6.07, 6.45) is 0. The van der Waals surface area contributed by atoms with Crippen LogP contribution in [0.1, 0.15) is 19.7 Å². The van der Waals surface area contributed by atoms with E-state index in [-0.39, 0.29) is 30.5 Å². The van der Waals surface area contributed by atoms with Crippen molar-refractivity contribution in [2.75, 3.05) is 26.3 Å². The third-order valence-corrected chi connectivity index (χ3v) is 3.25. The number of hydrogen-bond acceptors (Lipinski definition) is 5. The number of hydrogen-bond donors (Lipinski definition) is 2. The van der Waals surface area contributed by atoms with Crippen molar-refractivity contribution in [3.63, 3.8) is 0 Å². The summed E-state index contributed by atoms with van der Waals surface area (Å²) in [7, 11) is 0. The van der Waals surface area contributed by atoms with E-state index in [2.05, 4.69) is 25.8 Å². The number of rotatable bonds is 8. The van der Waals surface area contributed by atoms with Gasteiger partial charge in [0.05, 0.1) is 6.61 Å². The van der Waals surface area contributed by atoms with Crippen LogP contribution in [0.25, 0.3) is 11.4 Å². The predicted molar refractivity (Wildman–Crippen MR) is 109 cm³/mol. The van der Waals surface area contributed by atoms with Crippen molar-refractivity contribution in [2.24, 2.45) is 4.99 Å². The number of benzene rings is 1. The van der Waals surface area contributed by atoms with Crippen LogP contribution in [0.5, 0.6) is 0 Å². The summed E-state index contributed by atoms with van der Waals surface area (Å²) >= 11 is 5.98. The van der Waals surface area contributed by atoms with Gasteiger partial charge in [0.15, 0.2) is 5.96 Å². The predicted octanol–water partition coefficient (Wildman–Crippen LogP) is 3.10. The molecule has 0 fully saturated rings. The van der Waals surface area contributed by atoms with Crippen molar-refractivity contribution < 1.29 is 9.26 Å². The van der Waals surface area contributed by atoms with Crippen molar-refractivity contribution in [1.29, 1.82) is 0 Å². The molecule has 9 heteroatoms. The molecule has 0 aliphatic heterocycles. The lowest BCUT2D eigenvalue weighted by molar-refractivity contribution is 0.152. The maximum atomic E-state index is 5.98. The van der Waals surface area contributed by atoms with Gasteiger partial charge in [-0.05, 0) is 26.0 Å². The van der Waals surface area contributed by atoms with E-state index in [1.165, 1.54) is 0 Å². The lowest BCUT2D eigenvalue weighted by atomic mass is 10.2. The number of halogens is 2. The Morgan fingerprint density at radius 1 is 1.32 bits per heavy atom. The van der Waals surface area contributed by atoms with Crippen LogP contribution < -0.4 is 10.6 Å². The quantitative estimate of drug-likeness (QED) is 0.262. The summed E-state index contributed by atoms with van der Waals surface area (Å²) in [6, 6.07) is 7.31. The molecule has 1 heterocycles. The van der Waals surface area contributed by atoms with E-state index in [0.717, 1.165) is 12.1 Å². The molecule has 2 aromatic rings. The second-order valence-corrected chi connectivity index (χ2v) is 5.28. The molecule has 7 nitrogen and oxygen atoms in total. The number of guanidine groups is 1. The molecular formula is C16H23ClIN5O2. The lowest BCUT2D eigenvalue weighted by Crippen LogP contribution is -2.39. The minimum absolute atomic E-state index is 0. The zero-order valence-electron chi connectivity index (χ0n) is 14.3. The molecule has 2 N–H and O–H groups in total. The van der Waals surface area contributed by atoms with Gasteiger partial charge in [0.25, 0.3) is 0 Å². The SMILES string of the molecule is CCNC(=NCc1nc(-c2cccc(Cl)c2)no1)NCCOCC.I. The van der Waals surface area contributed by atoms with Crippen molar-refractivity contribution in [1.82, 2.24) is 20.8 Å². The minimum Gasteiger partial charge on any atom is -0.380 e. The van der Waals surface area contributed by atoms with E-state index >= 15 is 0 Å². The Morgan fingerprint density at radius 3 is 2.88 bits per heavy atom. The first-order valence-corrected chi connectivity index (χ1v) is 8.29. The molecule has 0 aliphatic carbocycles. The first-order chi connectivity index (χ1) is 11.7. The van der Waals surface area contributed by atoms with Gasteiger partial charge in [-0.3, -0.25) is 0 Å². The fourth-order valence-electron chi connectivity index (χ4n) is 1.94. The van der Waals surface area contributed by atoms with Crippen LogP contribution in [-0.2, 0) is 11.3 Å². The monoisotopic (exact) mass is 479 g/mol. The van der Waals surface area contributed by atoms with E-state index in [1.807, 2.05) is 26.0 Å². The molecule has 0 aliphatic rings. The van der Waals surface area contributed by atoms with Gasteiger partial charge in [-0.2, -0.15) is 4.98 Å². The van der Waals surface area contributed by atoms with Gasteiger partial charge in [0.1, 0.15) is 6.54 Å². The van der Waals surface area contributed by atoms with Gasteiger partial charge in [-0.25, -0.2) is 4.99 Å². The van der Waals surface area contributed by atoms with Crippen molar-refractivity contribution in [3.8, 4) is 11.4 Å². The molecule has 1 aromatic carbocycles. The second-order valence-electron chi connectivity index (χ2n) is 4.84. The van der Waals surface area contributed by atoms with Crippen molar-refractivity contribution in [2.45, 2.75) is 20.4 Å². The van der Waals surface area contributed by atoms with Gasteiger partial charge in [-0.15, -0.1) is 24.0 Å². The van der Waals surface area contributed by atoms with Crippen LogP contribution in [0.2, 0.25) is 5.02 Å². The molecule has 0 saturated heterocycles. The highest BCUT2D eigenvalue weighted by atomic mass is 127. The van der Waals surface area contributed by atoms with E-state index in [1.54, 1.807) is 12.1 Å². The van der Waals surface area contributed by atoms with Crippen LogP contribution in [0.4, 0.5) is 0 Å². The zero-order valence-corrected chi connectivity index (χ0v) is 17.4. The first-order valence-electron chi connectivity index (χ1n) is 7.91. The van der Waals surface area contributed by atoms with E-state index in [9.17, 15) is 0 Å². The number of nitrogens with zero attached hydrogens (tertiary/aromatic N) is 3. The van der Waals surface area contributed by atoms with Gasteiger partial charge in [-0.1, -0.05) is 28.9 Å². The van der Waals surface area contributed by atoms with Gasteiger partial charge in [0, 0.05) is 30.3 Å². The molecule has 0 atom stereocenters. The van der Waals surface area contributed by atoms with E-state index < -0.39 is 0 Å². The number of aromatic nitrogens is 2. The fraction of sp³-hybridized carbons (Fsp3) is 0.438. The van der Waals surface area contributed by atoms with Crippen LogP contribution in [-0.4, -0.2) is 42.4 Å². The summed E-state index contributed by atoms with van der Waals surface area (Å²) in [5, 5.41) is 10.9. The Bertz CT molecular complexity index is 665. The summed E-state index contributed by atoms with van der Waals surface area (Å²) < 4.78 is 10.5. The normalized spacial score (nSPS) is 11.1. The highest BCUT2D eigenvalue weighted by Gasteiger charge is 2.09. The smallest absolute Gasteiger partial charge is 0.248 e. The lowest BCUT2D eigenvalue weighted by Gasteiger charge is -2.10. The zero-order chi connectivity index (χ0) is 17.2. The summed E-state index contributed by atoms with van der Waals surface area (Å²) in [5.41, 5.74) is 0.809. The standard InChI is InChI=1S/C16H22ClN5O2.HI/c1-3-18-16(19-8-9-23-4-2)20-11-14-21-15(22-24-14)12-6-5-7-13(17)10-12;/h5-7,10H,3-4,8-9,11H2,1-2H3,(H2,18,19,20);1H. The van der Waals surface area contributed by atoms with Crippen molar-refractivity contribution in [3.05, 3.63) is 35.2 Å². The Balaban J connectivity index is 0.00000312. The van der Waals surface area contributed by atoms with E-state index in [0.29, 0.717) is 42.5 Å². The highest BCUT2D eigenvalue weighted by Crippen LogP contribution is 2.19. The fourth-order valence-corrected chi connectivity index (χ4v) is 2.13. The Hall–Kier alpha value is -1.39. The Labute approximate surface area is 169 Å². The number of aliphatic imine (C=N–C) groups is 1. The minimum atomic E-state index is 0. The molecule has 0 bridgehead atoms. The van der Waals surface area contributed by atoms with Crippen molar-refractivity contribution >= 4 is 41.5 Å². The summed E-state index contributed by atoms with van der Waals surface area (Å²) in [5.74, 6) is 1.61. The molecule has 0 radical (unpaired) electrons. The summed E-state index contributed by atoms with van der Waals surface area (Å²) in [4.78, 5) is 8.76. The molecule has 2 rings (SSSR count). The third kappa shape index (κ3) is 7.57. The largest absolute Gasteiger partial charge is 0.380 e.